The molecule has 6 nitrogen and oxygen atoms in total. The summed E-state index contributed by atoms with van der Waals surface area (Å²) >= 11 is 15.7. The maximum atomic E-state index is 14.1. The van der Waals surface area contributed by atoms with E-state index in [9.17, 15) is 13.2 Å². The smallest absolute Gasteiger partial charge is 0.233 e. The number of ether oxygens (including phenoxy) is 1. The average molecular weight is 640 g/mol. The zero-order valence-corrected chi connectivity index (χ0v) is 25.1. The summed E-state index contributed by atoms with van der Waals surface area (Å²) in [4.78, 5) is 15.8. The summed E-state index contributed by atoms with van der Waals surface area (Å²) in [6, 6.07) is 20.3. The molecule has 0 bridgehead atoms. The maximum Gasteiger partial charge on any atom is 0.233 e. The monoisotopic (exact) mass is 638 g/mol. The van der Waals surface area contributed by atoms with E-state index < -0.39 is 15.4 Å². The number of piperidine rings is 1. The lowest BCUT2D eigenvalue weighted by molar-refractivity contribution is -0.138. The van der Waals surface area contributed by atoms with Crippen LogP contribution in [0.5, 0.6) is 11.5 Å². The van der Waals surface area contributed by atoms with E-state index in [0.29, 0.717) is 54.0 Å². The van der Waals surface area contributed by atoms with Crippen molar-refractivity contribution in [1.82, 2.24) is 9.21 Å². The molecule has 1 heterocycles. The summed E-state index contributed by atoms with van der Waals surface area (Å²) in [6.45, 7) is 2.54. The van der Waals surface area contributed by atoms with Gasteiger partial charge in [0.1, 0.15) is 11.5 Å². The molecule has 0 spiro atoms. The first-order valence-electron chi connectivity index (χ1n) is 12.3. The number of halogens is 3. The van der Waals surface area contributed by atoms with Gasteiger partial charge in [-0.3, -0.25) is 4.79 Å². The Labute approximate surface area is 242 Å². The van der Waals surface area contributed by atoms with Gasteiger partial charge in [-0.1, -0.05) is 75.5 Å². The number of likely N-dealkylation sites (N-methyl/N-ethyl adjacent to an activating group) is 1. The number of hydrogen-bond donors (Lipinski definition) is 0. The third-order valence-electron chi connectivity index (χ3n) is 6.97. The molecule has 1 aliphatic rings. The van der Waals surface area contributed by atoms with E-state index >= 15 is 0 Å². The van der Waals surface area contributed by atoms with Crippen molar-refractivity contribution in [2.45, 2.75) is 31.7 Å². The Morgan fingerprint density at radius 1 is 1.03 bits per heavy atom. The quantitative estimate of drug-likeness (QED) is 0.269. The van der Waals surface area contributed by atoms with Crippen LogP contribution >= 0.6 is 39.1 Å². The van der Waals surface area contributed by atoms with Crippen LogP contribution in [0, 0.1) is 0 Å². The van der Waals surface area contributed by atoms with Crippen molar-refractivity contribution in [2.75, 3.05) is 25.9 Å². The molecule has 0 N–H and O–H groups in total. The molecule has 1 aliphatic heterocycles. The second-order valence-corrected chi connectivity index (χ2v) is 13.3. The number of rotatable bonds is 8. The molecule has 0 radical (unpaired) electrons. The Balaban J connectivity index is 1.61. The first-order valence-corrected chi connectivity index (χ1v) is 15.4. The van der Waals surface area contributed by atoms with Crippen LogP contribution in [0.1, 0.15) is 30.9 Å². The van der Waals surface area contributed by atoms with Gasteiger partial charge in [0.25, 0.3) is 0 Å². The molecular weight excluding hydrogens is 611 g/mol. The minimum atomic E-state index is -3.32. The molecule has 4 rings (SSSR count). The molecule has 1 saturated heterocycles. The number of hydrogen-bond acceptors (Lipinski definition) is 4. The fourth-order valence-corrected chi connectivity index (χ4v) is 6.56. The third-order valence-corrected chi connectivity index (χ3v) is 10.1. The predicted octanol–water partition coefficient (Wildman–Crippen LogP) is 6.89. The maximum absolute atomic E-state index is 14.1. The Hall–Kier alpha value is -2.10. The van der Waals surface area contributed by atoms with Crippen LogP contribution in [-0.2, 0) is 26.8 Å². The van der Waals surface area contributed by atoms with Gasteiger partial charge >= 0.3 is 0 Å². The highest BCUT2D eigenvalue weighted by molar-refractivity contribution is 9.10. The zero-order valence-electron chi connectivity index (χ0n) is 21.2. The lowest BCUT2D eigenvalue weighted by Crippen LogP contribution is -2.53. The molecule has 1 fully saturated rings. The molecule has 3 aromatic rings. The van der Waals surface area contributed by atoms with Crippen molar-refractivity contribution in [2.24, 2.45) is 0 Å². The summed E-state index contributed by atoms with van der Waals surface area (Å²) in [5.41, 5.74) is 0.883. The Morgan fingerprint density at radius 3 is 2.34 bits per heavy atom. The van der Waals surface area contributed by atoms with E-state index in [0.717, 1.165) is 15.6 Å². The average Bonchev–Trinajstić information content (AvgIpc) is 2.92. The zero-order chi connectivity index (χ0) is 27.5. The molecule has 38 heavy (non-hydrogen) atoms. The van der Waals surface area contributed by atoms with Crippen molar-refractivity contribution in [3.63, 3.8) is 0 Å². The van der Waals surface area contributed by atoms with Crippen molar-refractivity contribution in [3.05, 3.63) is 92.4 Å². The van der Waals surface area contributed by atoms with Gasteiger partial charge < -0.3 is 9.64 Å². The molecule has 0 atom stereocenters. The van der Waals surface area contributed by atoms with Crippen molar-refractivity contribution < 1.29 is 17.9 Å². The van der Waals surface area contributed by atoms with Crippen LogP contribution in [0.4, 0.5) is 0 Å². The van der Waals surface area contributed by atoms with Gasteiger partial charge in [0.05, 0.1) is 21.2 Å². The van der Waals surface area contributed by atoms with Crippen LogP contribution in [0.15, 0.2) is 71.2 Å². The molecule has 3 aromatic carbocycles. The first-order chi connectivity index (χ1) is 18.1. The fourth-order valence-electron chi connectivity index (χ4n) is 4.83. The standard InChI is InChI=1S/C28H29BrCl2N2O4S/c1-3-38(35,36)33-15-13-28(14-16-33,21-7-5-4-6-8-21)27(34)32(2)19-20-9-10-22(29)17-26(20)37-23-11-12-24(30)25(31)18-23/h4-12,17-18H,3,13-16,19H2,1-2H3. The third kappa shape index (κ3) is 6.20. The highest BCUT2D eigenvalue weighted by Crippen LogP contribution is 2.39. The van der Waals surface area contributed by atoms with E-state index in [-0.39, 0.29) is 11.7 Å². The summed E-state index contributed by atoms with van der Waals surface area (Å²) in [7, 11) is -1.55. The highest BCUT2D eigenvalue weighted by Gasteiger charge is 2.46. The topological polar surface area (TPSA) is 66.9 Å². The van der Waals surface area contributed by atoms with Crippen molar-refractivity contribution in [1.29, 1.82) is 0 Å². The van der Waals surface area contributed by atoms with E-state index in [2.05, 4.69) is 15.9 Å². The number of amides is 1. The van der Waals surface area contributed by atoms with Crippen LogP contribution in [0.25, 0.3) is 0 Å². The van der Waals surface area contributed by atoms with E-state index in [4.69, 9.17) is 27.9 Å². The Bertz CT molecular complexity index is 1410. The van der Waals surface area contributed by atoms with E-state index in [1.54, 1.807) is 37.1 Å². The largest absolute Gasteiger partial charge is 0.457 e. The van der Waals surface area contributed by atoms with Gasteiger partial charge in [-0.2, -0.15) is 0 Å². The van der Waals surface area contributed by atoms with E-state index in [1.165, 1.54) is 4.31 Å². The summed E-state index contributed by atoms with van der Waals surface area (Å²) in [6.07, 6.45) is 0.818. The minimum Gasteiger partial charge on any atom is -0.457 e. The first kappa shape index (κ1) is 28.9. The van der Waals surface area contributed by atoms with Crippen molar-refractivity contribution in [3.8, 4) is 11.5 Å². The fraction of sp³-hybridized carbons (Fsp3) is 0.321. The van der Waals surface area contributed by atoms with E-state index in [1.807, 2.05) is 48.5 Å². The second-order valence-electron chi connectivity index (χ2n) is 9.34. The Kier molecular flexibility index (Phi) is 9.10. The number of nitrogens with zero attached hydrogens (tertiary/aromatic N) is 2. The van der Waals surface area contributed by atoms with Crippen molar-refractivity contribution >= 4 is 55.1 Å². The van der Waals surface area contributed by atoms with Gasteiger partial charge in [-0.15, -0.1) is 0 Å². The number of benzene rings is 3. The molecule has 202 valence electrons. The number of sulfonamides is 1. The minimum absolute atomic E-state index is 0.0460. The van der Waals surface area contributed by atoms with Gasteiger partial charge in [0.2, 0.25) is 15.9 Å². The summed E-state index contributed by atoms with van der Waals surface area (Å²) in [5, 5.41) is 0.817. The number of carbonyl (C=O) groups is 1. The normalized spacial score (nSPS) is 15.7. The summed E-state index contributed by atoms with van der Waals surface area (Å²) in [5.74, 6) is 1.10. The van der Waals surface area contributed by atoms with Crippen LogP contribution in [0.3, 0.4) is 0 Å². The second kappa shape index (κ2) is 12.0. The van der Waals surface area contributed by atoms with Crippen LogP contribution in [-0.4, -0.2) is 49.4 Å². The molecule has 0 saturated carbocycles. The van der Waals surface area contributed by atoms with Gasteiger partial charge in [-0.05, 0) is 49.6 Å². The Morgan fingerprint density at radius 2 is 1.71 bits per heavy atom. The summed E-state index contributed by atoms with van der Waals surface area (Å²) < 4.78 is 33.5. The molecule has 0 aliphatic carbocycles. The van der Waals surface area contributed by atoms with Gasteiger partial charge in [0.15, 0.2) is 0 Å². The lowest BCUT2D eigenvalue weighted by atomic mass is 9.72. The molecule has 0 unspecified atom stereocenters. The molecular formula is C28H29BrCl2N2O4S. The molecule has 10 heteroatoms. The van der Waals surface area contributed by atoms with Crippen LogP contribution in [0.2, 0.25) is 10.0 Å². The predicted molar refractivity (Wildman–Crippen MR) is 156 cm³/mol. The van der Waals surface area contributed by atoms with Gasteiger partial charge in [0, 0.05) is 42.8 Å². The van der Waals surface area contributed by atoms with Crippen LogP contribution < -0.4 is 4.74 Å². The molecule has 1 amide bonds. The highest BCUT2D eigenvalue weighted by atomic mass is 79.9. The number of carbonyl (C=O) groups excluding carboxylic acids is 1. The molecule has 0 aromatic heterocycles. The SMILES string of the molecule is CCS(=O)(=O)N1CCC(C(=O)N(C)Cc2ccc(Br)cc2Oc2ccc(Cl)c(Cl)c2)(c2ccccc2)CC1. The lowest BCUT2D eigenvalue weighted by Gasteiger charge is -2.42. The van der Waals surface area contributed by atoms with Gasteiger partial charge in [-0.25, -0.2) is 12.7 Å².